The molecule has 1 heterocycles. The van der Waals surface area contributed by atoms with Gasteiger partial charge >= 0.3 is 0 Å². The second-order valence-electron chi connectivity index (χ2n) is 4.57. The predicted octanol–water partition coefficient (Wildman–Crippen LogP) is 3.22. The lowest BCUT2D eigenvalue weighted by molar-refractivity contribution is 0.599. The van der Waals surface area contributed by atoms with E-state index in [1.54, 1.807) is 12.1 Å². The van der Waals surface area contributed by atoms with Crippen LogP contribution in [0.5, 0.6) is 0 Å². The molecule has 0 aliphatic heterocycles. The smallest absolute Gasteiger partial charge is 0.129 e. The Hall–Kier alpha value is -1.32. The first-order chi connectivity index (χ1) is 8.56. The molecule has 1 unspecified atom stereocenters. The number of nitrogens with two attached hydrogens (primary N) is 1. The molecule has 0 aliphatic carbocycles. The van der Waals surface area contributed by atoms with Crippen LogP contribution in [0, 0.1) is 5.82 Å². The van der Waals surface area contributed by atoms with Gasteiger partial charge < -0.3 is 10.3 Å². The molecule has 0 fully saturated rings. The summed E-state index contributed by atoms with van der Waals surface area (Å²) in [4.78, 5) is 0. The van der Waals surface area contributed by atoms with Gasteiger partial charge in [0.05, 0.1) is 6.54 Å². The molecule has 0 saturated carbocycles. The maximum Gasteiger partial charge on any atom is 0.129 e. The molecule has 2 nitrogen and oxygen atoms in total. The lowest BCUT2D eigenvalue weighted by atomic mass is 10.1. The highest BCUT2D eigenvalue weighted by atomic mass is 35.5. The van der Waals surface area contributed by atoms with Crippen LogP contribution in [0.1, 0.15) is 18.1 Å². The molecule has 2 N–H and O–H groups in total. The summed E-state index contributed by atoms with van der Waals surface area (Å²) in [5.41, 5.74) is 7.41. The minimum atomic E-state index is -0.273. The van der Waals surface area contributed by atoms with Crippen molar-refractivity contribution in [2.75, 3.05) is 0 Å². The summed E-state index contributed by atoms with van der Waals surface area (Å²) >= 11 is 6.00. The normalized spacial score (nSPS) is 12.7. The standard InChI is InChI=1S/C14H16ClFN2/c1-10(17)7-11-5-6-18(8-11)9-12-13(15)3-2-4-14(12)16/h2-6,8,10H,7,9,17H2,1H3. The average molecular weight is 267 g/mol. The number of benzene rings is 1. The van der Waals surface area contributed by atoms with Gasteiger partial charge in [-0.15, -0.1) is 0 Å². The van der Waals surface area contributed by atoms with E-state index in [1.165, 1.54) is 6.07 Å². The van der Waals surface area contributed by atoms with Crippen LogP contribution in [0.25, 0.3) is 0 Å². The van der Waals surface area contributed by atoms with Gasteiger partial charge in [0.15, 0.2) is 0 Å². The minimum absolute atomic E-state index is 0.123. The van der Waals surface area contributed by atoms with Crippen molar-refractivity contribution in [2.45, 2.75) is 25.9 Å². The third kappa shape index (κ3) is 3.12. The largest absolute Gasteiger partial charge is 0.349 e. The van der Waals surface area contributed by atoms with E-state index in [-0.39, 0.29) is 11.9 Å². The van der Waals surface area contributed by atoms with Gasteiger partial charge in [-0.05, 0) is 37.1 Å². The molecule has 18 heavy (non-hydrogen) atoms. The van der Waals surface area contributed by atoms with Crippen LogP contribution < -0.4 is 5.73 Å². The van der Waals surface area contributed by atoms with Crippen LogP contribution in [-0.4, -0.2) is 10.6 Å². The maximum atomic E-state index is 13.6. The van der Waals surface area contributed by atoms with Crippen LogP contribution >= 0.6 is 11.6 Å². The topological polar surface area (TPSA) is 30.9 Å². The fraction of sp³-hybridized carbons (Fsp3) is 0.286. The first-order valence-electron chi connectivity index (χ1n) is 5.89. The lowest BCUT2D eigenvalue weighted by Crippen LogP contribution is -2.17. The first kappa shape index (κ1) is 13.1. The van der Waals surface area contributed by atoms with E-state index in [4.69, 9.17) is 17.3 Å². The summed E-state index contributed by atoms with van der Waals surface area (Å²) in [5, 5.41) is 0.456. The fourth-order valence-electron chi connectivity index (χ4n) is 1.95. The molecule has 1 aromatic carbocycles. The van der Waals surface area contributed by atoms with Crippen molar-refractivity contribution in [2.24, 2.45) is 5.73 Å². The van der Waals surface area contributed by atoms with Crippen molar-refractivity contribution in [1.82, 2.24) is 4.57 Å². The Balaban J connectivity index is 2.16. The lowest BCUT2D eigenvalue weighted by Gasteiger charge is -2.07. The van der Waals surface area contributed by atoms with Gasteiger partial charge in [-0.3, -0.25) is 0 Å². The summed E-state index contributed by atoms with van der Waals surface area (Å²) < 4.78 is 15.6. The summed E-state index contributed by atoms with van der Waals surface area (Å²) in [6.07, 6.45) is 4.71. The van der Waals surface area contributed by atoms with Gasteiger partial charge in [0.25, 0.3) is 0 Å². The van der Waals surface area contributed by atoms with Gasteiger partial charge in [-0.1, -0.05) is 17.7 Å². The van der Waals surface area contributed by atoms with E-state index in [2.05, 4.69) is 0 Å². The molecule has 0 saturated heterocycles. The van der Waals surface area contributed by atoms with E-state index < -0.39 is 0 Å². The zero-order chi connectivity index (χ0) is 13.1. The molecule has 4 heteroatoms. The molecular formula is C14H16ClFN2. The monoisotopic (exact) mass is 266 g/mol. The molecule has 0 spiro atoms. The van der Waals surface area contributed by atoms with E-state index in [0.29, 0.717) is 17.1 Å². The van der Waals surface area contributed by atoms with Crippen LogP contribution in [-0.2, 0) is 13.0 Å². The van der Waals surface area contributed by atoms with E-state index >= 15 is 0 Å². The van der Waals surface area contributed by atoms with Crippen LogP contribution in [0.4, 0.5) is 4.39 Å². The fourth-order valence-corrected chi connectivity index (χ4v) is 2.17. The molecular weight excluding hydrogens is 251 g/mol. The molecule has 2 rings (SSSR count). The molecule has 0 radical (unpaired) electrons. The summed E-state index contributed by atoms with van der Waals surface area (Å²) in [6, 6.07) is 6.86. The predicted molar refractivity (Wildman–Crippen MR) is 72.3 cm³/mol. The van der Waals surface area contributed by atoms with Crippen molar-refractivity contribution in [3.8, 4) is 0 Å². The van der Waals surface area contributed by atoms with Crippen molar-refractivity contribution < 1.29 is 4.39 Å². The van der Waals surface area contributed by atoms with E-state index in [1.807, 2.05) is 30.0 Å². The third-order valence-corrected chi connectivity index (χ3v) is 3.13. The zero-order valence-electron chi connectivity index (χ0n) is 10.2. The Kier molecular flexibility index (Phi) is 4.04. The second-order valence-corrected chi connectivity index (χ2v) is 4.98. The van der Waals surface area contributed by atoms with Crippen LogP contribution in [0.3, 0.4) is 0 Å². The summed E-state index contributed by atoms with van der Waals surface area (Å²) in [6.45, 7) is 2.40. The zero-order valence-corrected chi connectivity index (χ0v) is 11.0. The Bertz CT molecular complexity index is 514. The van der Waals surface area contributed by atoms with Gasteiger partial charge in [0.1, 0.15) is 5.82 Å². The molecule has 0 bridgehead atoms. The van der Waals surface area contributed by atoms with Crippen molar-refractivity contribution >= 4 is 11.6 Å². The number of hydrogen-bond donors (Lipinski definition) is 1. The summed E-state index contributed by atoms with van der Waals surface area (Å²) in [5.74, 6) is -0.273. The van der Waals surface area contributed by atoms with Gasteiger partial charge in [0, 0.05) is 29.0 Å². The molecule has 1 atom stereocenters. The molecule has 0 aliphatic rings. The van der Waals surface area contributed by atoms with Gasteiger partial charge in [-0.2, -0.15) is 0 Å². The van der Waals surface area contributed by atoms with Gasteiger partial charge in [-0.25, -0.2) is 4.39 Å². The SMILES string of the molecule is CC(N)Cc1ccn(Cc2c(F)cccc2Cl)c1. The van der Waals surface area contributed by atoms with Crippen molar-refractivity contribution in [1.29, 1.82) is 0 Å². The van der Waals surface area contributed by atoms with Crippen LogP contribution in [0.2, 0.25) is 5.02 Å². The number of nitrogens with zero attached hydrogens (tertiary/aromatic N) is 1. The van der Waals surface area contributed by atoms with E-state index in [9.17, 15) is 4.39 Å². The number of hydrogen-bond acceptors (Lipinski definition) is 1. The number of aromatic nitrogens is 1. The number of rotatable bonds is 4. The Labute approximate surface area is 111 Å². The Morgan fingerprint density at radius 3 is 2.83 bits per heavy atom. The van der Waals surface area contributed by atoms with Crippen molar-refractivity contribution in [3.05, 3.63) is 58.6 Å². The molecule has 2 aromatic rings. The third-order valence-electron chi connectivity index (χ3n) is 2.77. The highest BCUT2D eigenvalue weighted by Crippen LogP contribution is 2.20. The highest BCUT2D eigenvalue weighted by molar-refractivity contribution is 6.31. The van der Waals surface area contributed by atoms with E-state index in [0.717, 1.165) is 12.0 Å². The molecule has 1 aromatic heterocycles. The second kappa shape index (κ2) is 5.55. The summed E-state index contributed by atoms with van der Waals surface area (Å²) in [7, 11) is 0. The molecule has 96 valence electrons. The Morgan fingerprint density at radius 1 is 1.39 bits per heavy atom. The quantitative estimate of drug-likeness (QED) is 0.905. The molecule has 0 amide bonds. The average Bonchev–Trinajstić information content (AvgIpc) is 2.70. The number of halogens is 2. The first-order valence-corrected chi connectivity index (χ1v) is 6.27. The minimum Gasteiger partial charge on any atom is -0.349 e. The maximum absolute atomic E-state index is 13.6. The highest BCUT2D eigenvalue weighted by Gasteiger charge is 2.08. The van der Waals surface area contributed by atoms with Crippen LogP contribution in [0.15, 0.2) is 36.7 Å². The van der Waals surface area contributed by atoms with Gasteiger partial charge in [0.2, 0.25) is 0 Å². The Morgan fingerprint density at radius 2 is 2.17 bits per heavy atom. The van der Waals surface area contributed by atoms with Crippen molar-refractivity contribution in [3.63, 3.8) is 0 Å².